The predicted molar refractivity (Wildman–Crippen MR) is 73.0 cm³/mol. The molecule has 18 heavy (non-hydrogen) atoms. The summed E-state index contributed by atoms with van der Waals surface area (Å²) in [5, 5.41) is 14.4. The van der Waals surface area contributed by atoms with E-state index in [1.807, 2.05) is 13.0 Å². The largest absolute Gasteiger partial charge is 0.382 e. The van der Waals surface area contributed by atoms with E-state index in [1.54, 1.807) is 13.0 Å². The van der Waals surface area contributed by atoms with Crippen molar-refractivity contribution < 1.29 is 4.92 Å². The van der Waals surface area contributed by atoms with Crippen LogP contribution in [0, 0.1) is 29.9 Å². The quantitative estimate of drug-likeness (QED) is 0.653. The van der Waals surface area contributed by atoms with Crippen LogP contribution in [0.3, 0.4) is 0 Å². The summed E-state index contributed by atoms with van der Waals surface area (Å²) in [6.45, 7) is 5.98. The van der Waals surface area contributed by atoms with E-state index in [0.717, 1.165) is 16.8 Å². The second-order valence-corrected chi connectivity index (χ2v) is 5.37. The van der Waals surface area contributed by atoms with Gasteiger partial charge in [-0.15, -0.1) is 0 Å². The standard InChI is InChI=1S/C14H20N2O2/c1-9-5-4-6-12(9)15-13-7-11(3)14(16(17)18)8-10(13)2/h7-9,12,15H,4-6H2,1-3H3. The topological polar surface area (TPSA) is 55.2 Å². The molecule has 4 nitrogen and oxygen atoms in total. The molecule has 2 unspecified atom stereocenters. The van der Waals surface area contributed by atoms with E-state index in [0.29, 0.717) is 12.0 Å². The Balaban J connectivity index is 2.23. The fourth-order valence-electron chi connectivity index (χ4n) is 2.71. The zero-order chi connectivity index (χ0) is 13.3. The Labute approximate surface area is 108 Å². The number of benzene rings is 1. The summed E-state index contributed by atoms with van der Waals surface area (Å²) in [4.78, 5) is 10.6. The van der Waals surface area contributed by atoms with Crippen molar-refractivity contribution in [1.29, 1.82) is 0 Å². The summed E-state index contributed by atoms with van der Waals surface area (Å²) >= 11 is 0. The average Bonchev–Trinajstić information content (AvgIpc) is 2.69. The van der Waals surface area contributed by atoms with Crippen LogP contribution in [0.1, 0.15) is 37.3 Å². The summed E-state index contributed by atoms with van der Waals surface area (Å²) in [6.07, 6.45) is 3.73. The maximum Gasteiger partial charge on any atom is 0.272 e. The van der Waals surface area contributed by atoms with Gasteiger partial charge in [-0.05, 0) is 44.2 Å². The fraction of sp³-hybridized carbons (Fsp3) is 0.571. The molecule has 1 N–H and O–H groups in total. The lowest BCUT2D eigenvalue weighted by Crippen LogP contribution is -2.22. The summed E-state index contributed by atoms with van der Waals surface area (Å²) in [6, 6.07) is 4.07. The van der Waals surface area contributed by atoms with Gasteiger partial charge in [-0.1, -0.05) is 13.3 Å². The molecule has 1 fully saturated rings. The maximum absolute atomic E-state index is 10.9. The van der Waals surface area contributed by atoms with Gasteiger partial charge in [-0.3, -0.25) is 10.1 Å². The van der Waals surface area contributed by atoms with E-state index in [1.165, 1.54) is 19.3 Å². The van der Waals surface area contributed by atoms with Gasteiger partial charge < -0.3 is 5.32 Å². The number of hydrogen-bond donors (Lipinski definition) is 1. The molecule has 0 bridgehead atoms. The van der Waals surface area contributed by atoms with Gasteiger partial charge in [0.05, 0.1) is 4.92 Å². The van der Waals surface area contributed by atoms with E-state index in [-0.39, 0.29) is 10.6 Å². The Hall–Kier alpha value is -1.58. The molecule has 0 heterocycles. The van der Waals surface area contributed by atoms with E-state index in [9.17, 15) is 10.1 Å². The maximum atomic E-state index is 10.9. The smallest absolute Gasteiger partial charge is 0.272 e. The molecular formula is C14H20N2O2. The molecular weight excluding hydrogens is 228 g/mol. The molecule has 1 saturated carbocycles. The van der Waals surface area contributed by atoms with E-state index >= 15 is 0 Å². The molecule has 0 radical (unpaired) electrons. The number of nitro benzene ring substituents is 1. The number of nitro groups is 1. The number of aryl methyl sites for hydroxylation is 2. The van der Waals surface area contributed by atoms with Crippen LogP contribution in [0.2, 0.25) is 0 Å². The second kappa shape index (κ2) is 4.96. The molecule has 1 aromatic rings. The van der Waals surface area contributed by atoms with Crippen molar-refractivity contribution >= 4 is 11.4 Å². The Morgan fingerprint density at radius 3 is 2.56 bits per heavy atom. The molecule has 0 aliphatic heterocycles. The van der Waals surface area contributed by atoms with Crippen molar-refractivity contribution in [2.45, 2.75) is 46.1 Å². The highest BCUT2D eigenvalue weighted by molar-refractivity contribution is 5.59. The minimum absolute atomic E-state index is 0.206. The number of rotatable bonds is 3. The number of anilines is 1. The molecule has 4 heteroatoms. The Kier molecular flexibility index (Phi) is 3.55. The minimum atomic E-state index is -0.315. The van der Waals surface area contributed by atoms with Crippen LogP contribution in [-0.4, -0.2) is 11.0 Å². The van der Waals surface area contributed by atoms with Gasteiger partial charge in [-0.25, -0.2) is 0 Å². The van der Waals surface area contributed by atoms with E-state index in [2.05, 4.69) is 12.2 Å². The first kappa shape index (κ1) is 12.9. The zero-order valence-electron chi connectivity index (χ0n) is 11.2. The van der Waals surface area contributed by atoms with Crippen LogP contribution < -0.4 is 5.32 Å². The Bertz CT molecular complexity index is 471. The highest BCUT2D eigenvalue weighted by Gasteiger charge is 2.24. The highest BCUT2D eigenvalue weighted by Crippen LogP contribution is 2.31. The van der Waals surface area contributed by atoms with Crippen LogP contribution >= 0.6 is 0 Å². The first-order valence-electron chi connectivity index (χ1n) is 6.51. The summed E-state index contributed by atoms with van der Waals surface area (Å²) in [7, 11) is 0. The molecule has 2 atom stereocenters. The van der Waals surface area contributed by atoms with Gasteiger partial charge in [0.15, 0.2) is 0 Å². The molecule has 1 aliphatic carbocycles. The van der Waals surface area contributed by atoms with Gasteiger partial charge in [-0.2, -0.15) is 0 Å². The third kappa shape index (κ3) is 2.47. The molecule has 0 saturated heterocycles. The van der Waals surface area contributed by atoms with Crippen LogP contribution in [-0.2, 0) is 0 Å². The lowest BCUT2D eigenvalue weighted by Gasteiger charge is -2.20. The monoisotopic (exact) mass is 248 g/mol. The van der Waals surface area contributed by atoms with Crippen molar-refractivity contribution in [3.8, 4) is 0 Å². The van der Waals surface area contributed by atoms with Gasteiger partial charge in [0.1, 0.15) is 0 Å². The normalized spacial score (nSPS) is 23.1. The Morgan fingerprint density at radius 2 is 2.00 bits per heavy atom. The zero-order valence-corrected chi connectivity index (χ0v) is 11.2. The summed E-state index contributed by atoms with van der Waals surface area (Å²) in [5.74, 6) is 0.680. The molecule has 2 rings (SSSR count). The van der Waals surface area contributed by atoms with Crippen LogP contribution in [0.25, 0.3) is 0 Å². The van der Waals surface area contributed by atoms with Crippen molar-refractivity contribution in [2.75, 3.05) is 5.32 Å². The summed E-state index contributed by atoms with van der Waals surface area (Å²) in [5.41, 5.74) is 2.92. The van der Waals surface area contributed by atoms with Gasteiger partial charge in [0, 0.05) is 23.4 Å². The molecule has 0 spiro atoms. The lowest BCUT2D eigenvalue weighted by atomic mass is 10.0. The third-order valence-corrected chi connectivity index (χ3v) is 3.94. The third-order valence-electron chi connectivity index (χ3n) is 3.94. The number of nitrogens with zero attached hydrogens (tertiary/aromatic N) is 1. The average molecular weight is 248 g/mol. The molecule has 0 amide bonds. The van der Waals surface area contributed by atoms with Gasteiger partial charge in [0.2, 0.25) is 0 Å². The lowest BCUT2D eigenvalue weighted by molar-refractivity contribution is -0.385. The molecule has 98 valence electrons. The van der Waals surface area contributed by atoms with Crippen LogP contribution in [0.5, 0.6) is 0 Å². The fourth-order valence-corrected chi connectivity index (χ4v) is 2.71. The Morgan fingerprint density at radius 1 is 1.28 bits per heavy atom. The van der Waals surface area contributed by atoms with Crippen molar-refractivity contribution in [1.82, 2.24) is 0 Å². The van der Waals surface area contributed by atoms with E-state index < -0.39 is 0 Å². The predicted octanol–water partition coefficient (Wildman–Crippen LogP) is 3.81. The van der Waals surface area contributed by atoms with Crippen molar-refractivity contribution in [2.24, 2.45) is 5.92 Å². The number of hydrogen-bond acceptors (Lipinski definition) is 3. The van der Waals surface area contributed by atoms with Gasteiger partial charge in [0.25, 0.3) is 5.69 Å². The van der Waals surface area contributed by atoms with Crippen molar-refractivity contribution in [3.05, 3.63) is 33.4 Å². The molecule has 1 aliphatic rings. The summed E-state index contributed by atoms with van der Waals surface area (Å²) < 4.78 is 0. The SMILES string of the molecule is Cc1cc([N+](=O)[O-])c(C)cc1NC1CCCC1C. The first-order chi connectivity index (χ1) is 8.49. The van der Waals surface area contributed by atoms with E-state index in [4.69, 9.17) is 0 Å². The number of nitrogens with one attached hydrogen (secondary N) is 1. The molecule has 1 aromatic carbocycles. The highest BCUT2D eigenvalue weighted by atomic mass is 16.6. The van der Waals surface area contributed by atoms with Crippen LogP contribution in [0.15, 0.2) is 12.1 Å². The first-order valence-corrected chi connectivity index (χ1v) is 6.51. The van der Waals surface area contributed by atoms with Gasteiger partial charge >= 0.3 is 0 Å². The van der Waals surface area contributed by atoms with Crippen molar-refractivity contribution in [3.63, 3.8) is 0 Å². The minimum Gasteiger partial charge on any atom is -0.382 e. The second-order valence-electron chi connectivity index (χ2n) is 5.37. The van der Waals surface area contributed by atoms with Crippen LogP contribution in [0.4, 0.5) is 11.4 Å². The molecule has 0 aromatic heterocycles.